The summed E-state index contributed by atoms with van der Waals surface area (Å²) in [6.07, 6.45) is 0.592. The third kappa shape index (κ3) is 4.11. The minimum Gasteiger partial charge on any atom is -0.449 e. The van der Waals surface area contributed by atoms with Crippen molar-refractivity contribution in [3.8, 4) is 11.1 Å². The summed E-state index contributed by atoms with van der Waals surface area (Å²) < 4.78 is 18.4. The lowest BCUT2D eigenvalue weighted by Crippen LogP contribution is -2.21. The summed E-state index contributed by atoms with van der Waals surface area (Å²) in [7, 11) is 2.07. The Labute approximate surface area is 141 Å². The SMILES string of the molecule is CN1CC[C@@H](COC(=O)Nc2ccccc2-c2ccc(F)cc2)C1. The van der Waals surface area contributed by atoms with Crippen molar-refractivity contribution in [3.05, 3.63) is 54.3 Å². The van der Waals surface area contributed by atoms with Crippen LogP contribution < -0.4 is 5.32 Å². The van der Waals surface area contributed by atoms with Gasteiger partial charge in [-0.05, 0) is 43.8 Å². The minimum atomic E-state index is -0.459. The summed E-state index contributed by atoms with van der Waals surface area (Å²) in [5.41, 5.74) is 2.32. The van der Waals surface area contributed by atoms with E-state index in [1.807, 2.05) is 24.3 Å². The lowest BCUT2D eigenvalue weighted by molar-refractivity contribution is 0.142. The highest BCUT2D eigenvalue weighted by Crippen LogP contribution is 2.28. The van der Waals surface area contributed by atoms with Crippen molar-refractivity contribution in [3.63, 3.8) is 0 Å². The maximum atomic E-state index is 13.1. The topological polar surface area (TPSA) is 41.6 Å². The lowest BCUT2D eigenvalue weighted by atomic mass is 10.0. The maximum Gasteiger partial charge on any atom is 0.411 e. The number of nitrogens with zero attached hydrogens (tertiary/aromatic N) is 1. The number of rotatable bonds is 4. The van der Waals surface area contributed by atoms with E-state index in [1.54, 1.807) is 12.1 Å². The van der Waals surface area contributed by atoms with Crippen LogP contribution in [0.5, 0.6) is 0 Å². The quantitative estimate of drug-likeness (QED) is 0.922. The van der Waals surface area contributed by atoms with Gasteiger partial charge in [0.15, 0.2) is 0 Å². The van der Waals surface area contributed by atoms with Gasteiger partial charge in [-0.15, -0.1) is 0 Å². The number of likely N-dealkylation sites (tertiary alicyclic amines) is 1. The molecule has 126 valence electrons. The van der Waals surface area contributed by atoms with Crippen LogP contribution in [0.25, 0.3) is 11.1 Å². The zero-order valence-electron chi connectivity index (χ0n) is 13.7. The molecule has 0 saturated carbocycles. The third-order valence-electron chi connectivity index (χ3n) is 4.26. The van der Waals surface area contributed by atoms with E-state index in [0.29, 0.717) is 18.2 Å². The van der Waals surface area contributed by atoms with E-state index >= 15 is 0 Å². The van der Waals surface area contributed by atoms with Gasteiger partial charge < -0.3 is 9.64 Å². The molecule has 1 N–H and O–H groups in total. The molecule has 1 saturated heterocycles. The Kier molecular flexibility index (Phi) is 5.11. The van der Waals surface area contributed by atoms with E-state index in [0.717, 1.165) is 30.6 Å². The van der Waals surface area contributed by atoms with Gasteiger partial charge in [-0.25, -0.2) is 9.18 Å². The molecule has 1 amide bonds. The second kappa shape index (κ2) is 7.45. The normalized spacial score (nSPS) is 17.7. The van der Waals surface area contributed by atoms with Crippen molar-refractivity contribution in [1.82, 2.24) is 4.90 Å². The number of ether oxygens (including phenoxy) is 1. The Bertz CT molecular complexity index is 703. The molecule has 1 fully saturated rings. The largest absolute Gasteiger partial charge is 0.449 e. The van der Waals surface area contributed by atoms with Crippen LogP contribution in [-0.2, 0) is 4.74 Å². The number of anilines is 1. The second-order valence-electron chi connectivity index (χ2n) is 6.19. The first kappa shape index (κ1) is 16.5. The second-order valence-corrected chi connectivity index (χ2v) is 6.19. The van der Waals surface area contributed by atoms with Crippen LogP contribution in [0.2, 0.25) is 0 Å². The van der Waals surface area contributed by atoms with Crippen LogP contribution in [0.1, 0.15) is 6.42 Å². The fraction of sp³-hybridized carbons (Fsp3) is 0.316. The zero-order valence-corrected chi connectivity index (χ0v) is 13.7. The van der Waals surface area contributed by atoms with Crippen molar-refractivity contribution in [2.24, 2.45) is 5.92 Å². The van der Waals surface area contributed by atoms with Crippen LogP contribution in [0.3, 0.4) is 0 Å². The number of halogens is 1. The maximum absolute atomic E-state index is 13.1. The molecule has 0 aromatic heterocycles. The number of hydrogen-bond acceptors (Lipinski definition) is 3. The van der Waals surface area contributed by atoms with Crippen LogP contribution >= 0.6 is 0 Å². The molecule has 3 rings (SSSR count). The standard InChI is InChI=1S/C19H21FN2O2/c1-22-11-10-14(12-22)13-24-19(23)21-18-5-3-2-4-17(18)15-6-8-16(20)9-7-15/h2-9,14H,10-13H2,1H3,(H,21,23)/t14-/m1/s1. The molecular formula is C19H21FN2O2. The monoisotopic (exact) mass is 328 g/mol. The molecule has 0 radical (unpaired) electrons. The molecule has 1 atom stereocenters. The molecule has 1 aliphatic rings. The number of benzene rings is 2. The van der Waals surface area contributed by atoms with E-state index in [2.05, 4.69) is 17.3 Å². The Morgan fingerprint density at radius 1 is 1.25 bits per heavy atom. The summed E-state index contributed by atoms with van der Waals surface area (Å²) in [6, 6.07) is 13.6. The third-order valence-corrected chi connectivity index (χ3v) is 4.26. The van der Waals surface area contributed by atoms with Gasteiger partial charge in [0.2, 0.25) is 0 Å². The van der Waals surface area contributed by atoms with Crippen molar-refractivity contribution in [2.75, 3.05) is 32.1 Å². The first-order valence-electron chi connectivity index (χ1n) is 8.09. The average molecular weight is 328 g/mol. The van der Waals surface area contributed by atoms with Gasteiger partial charge in [-0.3, -0.25) is 5.32 Å². The number of carbonyl (C=O) groups excluding carboxylic acids is 1. The van der Waals surface area contributed by atoms with Crippen molar-refractivity contribution < 1.29 is 13.9 Å². The molecule has 0 unspecified atom stereocenters. The highest BCUT2D eigenvalue weighted by molar-refractivity contribution is 5.91. The van der Waals surface area contributed by atoms with E-state index in [-0.39, 0.29) is 5.82 Å². The summed E-state index contributed by atoms with van der Waals surface area (Å²) >= 11 is 0. The van der Waals surface area contributed by atoms with Gasteiger partial charge in [0.25, 0.3) is 0 Å². The minimum absolute atomic E-state index is 0.287. The van der Waals surface area contributed by atoms with Gasteiger partial charge >= 0.3 is 6.09 Å². The molecule has 1 aliphatic heterocycles. The van der Waals surface area contributed by atoms with Crippen molar-refractivity contribution in [2.45, 2.75) is 6.42 Å². The first-order valence-corrected chi connectivity index (χ1v) is 8.09. The van der Waals surface area contributed by atoms with Crippen LogP contribution in [0, 0.1) is 11.7 Å². The van der Waals surface area contributed by atoms with Crippen molar-refractivity contribution in [1.29, 1.82) is 0 Å². The Hall–Kier alpha value is -2.40. The lowest BCUT2D eigenvalue weighted by Gasteiger charge is -2.14. The first-order chi connectivity index (χ1) is 11.6. The fourth-order valence-corrected chi connectivity index (χ4v) is 2.98. The smallest absolute Gasteiger partial charge is 0.411 e. The van der Waals surface area contributed by atoms with Crippen molar-refractivity contribution >= 4 is 11.8 Å². The fourth-order valence-electron chi connectivity index (χ4n) is 2.98. The molecule has 2 aromatic carbocycles. The molecule has 4 nitrogen and oxygen atoms in total. The predicted octanol–water partition coefficient (Wildman–Crippen LogP) is 3.99. The number of carbonyl (C=O) groups is 1. The Morgan fingerprint density at radius 2 is 2.00 bits per heavy atom. The molecule has 1 heterocycles. The molecule has 0 bridgehead atoms. The van der Waals surface area contributed by atoms with Crippen LogP contribution in [-0.4, -0.2) is 37.7 Å². The summed E-state index contributed by atoms with van der Waals surface area (Å²) in [5.74, 6) is 0.109. The average Bonchev–Trinajstić information content (AvgIpc) is 3.00. The van der Waals surface area contributed by atoms with E-state index in [4.69, 9.17) is 4.74 Å². The molecule has 0 spiro atoms. The van der Waals surface area contributed by atoms with E-state index < -0.39 is 6.09 Å². The molecule has 24 heavy (non-hydrogen) atoms. The highest BCUT2D eigenvalue weighted by Gasteiger charge is 2.21. The zero-order chi connectivity index (χ0) is 16.9. The number of hydrogen-bond donors (Lipinski definition) is 1. The molecular weight excluding hydrogens is 307 g/mol. The molecule has 0 aliphatic carbocycles. The summed E-state index contributed by atoms with van der Waals surface area (Å²) in [5, 5.41) is 2.79. The number of nitrogens with one attached hydrogen (secondary N) is 1. The Morgan fingerprint density at radius 3 is 2.71 bits per heavy atom. The van der Waals surface area contributed by atoms with Gasteiger partial charge in [0.05, 0.1) is 12.3 Å². The van der Waals surface area contributed by atoms with Gasteiger partial charge in [-0.2, -0.15) is 0 Å². The number of para-hydroxylation sites is 1. The van der Waals surface area contributed by atoms with Gasteiger partial charge in [0, 0.05) is 18.0 Å². The van der Waals surface area contributed by atoms with Crippen LogP contribution in [0.4, 0.5) is 14.9 Å². The van der Waals surface area contributed by atoms with Crippen LogP contribution in [0.15, 0.2) is 48.5 Å². The van der Waals surface area contributed by atoms with E-state index in [1.165, 1.54) is 12.1 Å². The highest BCUT2D eigenvalue weighted by atomic mass is 19.1. The van der Waals surface area contributed by atoms with E-state index in [9.17, 15) is 9.18 Å². The number of amides is 1. The molecule has 2 aromatic rings. The molecule has 5 heteroatoms. The Balaban J connectivity index is 1.64. The summed E-state index contributed by atoms with van der Waals surface area (Å²) in [4.78, 5) is 14.3. The van der Waals surface area contributed by atoms with Gasteiger partial charge in [0.1, 0.15) is 5.82 Å². The van der Waals surface area contributed by atoms with Gasteiger partial charge in [-0.1, -0.05) is 30.3 Å². The predicted molar refractivity (Wildman–Crippen MR) is 92.4 cm³/mol. The summed E-state index contributed by atoms with van der Waals surface area (Å²) in [6.45, 7) is 2.43.